The maximum Gasteiger partial charge on any atom is 0.137 e. The molecule has 0 amide bonds. The lowest BCUT2D eigenvalue weighted by Crippen LogP contribution is -2.12. The highest BCUT2D eigenvalue weighted by Crippen LogP contribution is 2.15. The fourth-order valence-corrected chi connectivity index (χ4v) is 2.49. The van der Waals surface area contributed by atoms with Crippen molar-refractivity contribution in [3.05, 3.63) is 36.3 Å². The van der Waals surface area contributed by atoms with E-state index < -0.39 is 0 Å². The summed E-state index contributed by atoms with van der Waals surface area (Å²) in [6.45, 7) is 2.94. The van der Waals surface area contributed by atoms with Crippen LogP contribution in [0.4, 0.5) is 0 Å². The molecule has 1 atom stereocenters. The molecule has 0 aromatic carbocycles. The summed E-state index contributed by atoms with van der Waals surface area (Å²) < 4.78 is 2.06. The maximum absolute atomic E-state index is 5.58. The predicted octanol–water partition coefficient (Wildman–Crippen LogP) is 2.16. The van der Waals surface area contributed by atoms with Crippen LogP contribution in [0.3, 0.4) is 0 Å². The Labute approximate surface area is 100 Å². The second-order valence-corrected chi connectivity index (χ2v) is 5.08. The highest BCUT2D eigenvalue weighted by molar-refractivity contribution is 7.98. The Morgan fingerprint density at radius 1 is 1.50 bits per heavy atom. The Kier molecular flexibility index (Phi) is 3.85. The van der Waals surface area contributed by atoms with Crippen LogP contribution < -0.4 is 5.73 Å². The van der Waals surface area contributed by atoms with Gasteiger partial charge in [0.1, 0.15) is 5.65 Å². The Balaban J connectivity index is 1.94. The molecule has 2 rings (SSSR count). The van der Waals surface area contributed by atoms with Gasteiger partial charge in [-0.2, -0.15) is 11.8 Å². The second kappa shape index (κ2) is 5.37. The third-order valence-electron chi connectivity index (χ3n) is 2.47. The number of rotatable bonds is 5. The fraction of sp³-hybridized carbons (Fsp3) is 0.417. The first kappa shape index (κ1) is 11.5. The first-order chi connectivity index (χ1) is 7.79. The van der Waals surface area contributed by atoms with E-state index in [-0.39, 0.29) is 0 Å². The van der Waals surface area contributed by atoms with Crippen molar-refractivity contribution in [1.29, 1.82) is 0 Å². The molecule has 3 nitrogen and oxygen atoms in total. The van der Waals surface area contributed by atoms with Crippen molar-refractivity contribution in [2.24, 2.45) is 11.7 Å². The number of thioether (sulfide) groups is 1. The van der Waals surface area contributed by atoms with Gasteiger partial charge in [-0.25, -0.2) is 4.98 Å². The normalized spacial score (nSPS) is 13.1. The largest absolute Gasteiger partial charge is 0.330 e. The van der Waals surface area contributed by atoms with Crippen LogP contribution in [0.2, 0.25) is 0 Å². The third-order valence-corrected chi connectivity index (χ3v) is 3.77. The molecule has 0 spiro atoms. The van der Waals surface area contributed by atoms with Gasteiger partial charge in [0, 0.05) is 18.1 Å². The molecule has 0 aliphatic rings. The van der Waals surface area contributed by atoms with Crippen LogP contribution in [0.25, 0.3) is 5.65 Å². The zero-order valence-corrected chi connectivity index (χ0v) is 10.3. The van der Waals surface area contributed by atoms with Crippen LogP contribution in [0, 0.1) is 5.92 Å². The molecule has 86 valence electrons. The van der Waals surface area contributed by atoms with Gasteiger partial charge in [0.15, 0.2) is 0 Å². The lowest BCUT2D eigenvalue weighted by molar-refractivity contribution is 0.675. The fourth-order valence-electron chi connectivity index (χ4n) is 1.49. The molecule has 2 heterocycles. The van der Waals surface area contributed by atoms with Crippen molar-refractivity contribution in [1.82, 2.24) is 9.38 Å². The average Bonchev–Trinajstić information content (AvgIpc) is 2.71. The Morgan fingerprint density at radius 3 is 3.12 bits per heavy atom. The van der Waals surface area contributed by atoms with Gasteiger partial charge in [-0.15, -0.1) is 0 Å². The molecule has 1 unspecified atom stereocenters. The number of nitrogens with zero attached hydrogens (tertiary/aromatic N) is 2. The van der Waals surface area contributed by atoms with Gasteiger partial charge >= 0.3 is 0 Å². The third kappa shape index (κ3) is 2.77. The summed E-state index contributed by atoms with van der Waals surface area (Å²) in [5.74, 6) is 2.65. The van der Waals surface area contributed by atoms with Crippen molar-refractivity contribution in [3.63, 3.8) is 0 Å². The van der Waals surface area contributed by atoms with E-state index in [0.29, 0.717) is 5.92 Å². The number of imidazole rings is 1. The smallest absolute Gasteiger partial charge is 0.137 e. The molecule has 0 bridgehead atoms. The topological polar surface area (TPSA) is 43.3 Å². The molecule has 0 saturated carbocycles. The van der Waals surface area contributed by atoms with Crippen LogP contribution in [0.1, 0.15) is 12.6 Å². The lowest BCUT2D eigenvalue weighted by atomic mass is 10.2. The van der Waals surface area contributed by atoms with Crippen LogP contribution in [-0.2, 0) is 5.75 Å². The molecule has 0 aliphatic heterocycles. The summed E-state index contributed by atoms with van der Waals surface area (Å²) >= 11 is 1.90. The Morgan fingerprint density at radius 2 is 2.38 bits per heavy atom. The van der Waals surface area contributed by atoms with Crippen molar-refractivity contribution < 1.29 is 0 Å². The molecule has 0 aliphatic carbocycles. The SMILES string of the molecule is CC(CN)CSCc1cn2ccccc2n1. The molecule has 2 N–H and O–H groups in total. The van der Waals surface area contributed by atoms with Gasteiger partial charge in [0.2, 0.25) is 0 Å². The van der Waals surface area contributed by atoms with Gasteiger partial charge in [-0.1, -0.05) is 13.0 Å². The first-order valence-electron chi connectivity index (χ1n) is 5.50. The number of pyridine rings is 1. The van der Waals surface area contributed by atoms with Crippen molar-refractivity contribution >= 4 is 17.4 Å². The van der Waals surface area contributed by atoms with Crippen LogP contribution >= 0.6 is 11.8 Å². The lowest BCUT2D eigenvalue weighted by Gasteiger charge is -2.05. The molecular weight excluding hydrogens is 218 g/mol. The van der Waals surface area contributed by atoms with Crippen molar-refractivity contribution in [2.45, 2.75) is 12.7 Å². The predicted molar refractivity (Wildman–Crippen MR) is 69.6 cm³/mol. The van der Waals surface area contributed by atoms with Gasteiger partial charge in [0.05, 0.1) is 5.69 Å². The van der Waals surface area contributed by atoms with Crippen LogP contribution in [0.15, 0.2) is 30.6 Å². The minimum absolute atomic E-state index is 0.585. The standard InChI is InChI=1S/C12H17N3S/c1-10(6-13)8-16-9-11-7-15-5-3-2-4-12(15)14-11/h2-5,7,10H,6,8-9,13H2,1H3. The van der Waals surface area contributed by atoms with E-state index in [9.17, 15) is 0 Å². The zero-order valence-electron chi connectivity index (χ0n) is 9.47. The molecule has 2 aromatic rings. The summed E-state index contributed by atoms with van der Waals surface area (Å²) in [5, 5.41) is 0. The first-order valence-corrected chi connectivity index (χ1v) is 6.65. The van der Waals surface area contributed by atoms with E-state index in [4.69, 9.17) is 5.73 Å². The number of fused-ring (bicyclic) bond motifs is 1. The summed E-state index contributed by atoms with van der Waals surface area (Å²) in [4.78, 5) is 4.55. The van der Waals surface area contributed by atoms with Crippen molar-refractivity contribution in [2.75, 3.05) is 12.3 Å². The molecule has 0 saturated heterocycles. The maximum atomic E-state index is 5.58. The molecule has 4 heteroatoms. The van der Waals surface area contributed by atoms with Gasteiger partial charge in [-0.3, -0.25) is 0 Å². The highest BCUT2D eigenvalue weighted by atomic mass is 32.2. The van der Waals surface area contributed by atoms with Crippen molar-refractivity contribution in [3.8, 4) is 0 Å². The summed E-state index contributed by atoms with van der Waals surface area (Å²) in [6.07, 6.45) is 4.12. The molecule has 2 aromatic heterocycles. The van der Waals surface area contributed by atoms with Gasteiger partial charge in [-0.05, 0) is 30.3 Å². The van der Waals surface area contributed by atoms with E-state index >= 15 is 0 Å². The molecule has 0 fully saturated rings. The highest BCUT2D eigenvalue weighted by Gasteiger charge is 2.03. The van der Waals surface area contributed by atoms with E-state index in [2.05, 4.69) is 22.5 Å². The number of aromatic nitrogens is 2. The van der Waals surface area contributed by atoms with E-state index in [1.165, 1.54) is 0 Å². The molecular formula is C12H17N3S. The van der Waals surface area contributed by atoms with Gasteiger partial charge < -0.3 is 10.1 Å². The van der Waals surface area contributed by atoms with Gasteiger partial charge in [0.25, 0.3) is 0 Å². The van der Waals surface area contributed by atoms with Crippen LogP contribution in [-0.4, -0.2) is 21.7 Å². The molecule has 16 heavy (non-hydrogen) atoms. The van der Waals surface area contributed by atoms with E-state index in [0.717, 1.165) is 29.4 Å². The summed E-state index contributed by atoms with van der Waals surface area (Å²) in [7, 11) is 0. The number of hydrogen-bond donors (Lipinski definition) is 1. The minimum Gasteiger partial charge on any atom is -0.330 e. The Bertz CT molecular complexity index is 419. The van der Waals surface area contributed by atoms with Crippen LogP contribution in [0.5, 0.6) is 0 Å². The minimum atomic E-state index is 0.585. The van der Waals surface area contributed by atoms with E-state index in [1.807, 2.05) is 36.2 Å². The zero-order chi connectivity index (χ0) is 11.4. The monoisotopic (exact) mass is 235 g/mol. The second-order valence-electron chi connectivity index (χ2n) is 4.05. The average molecular weight is 235 g/mol. The summed E-state index contributed by atoms with van der Waals surface area (Å²) in [5.41, 5.74) is 7.74. The molecule has 0 radical (unpaired) electrons. The number of hydrogen-bond acceptors (Lipinski definition) is 3. The number of nitrogens with two attached hydrogens (primary N) is 1. The quantitative estimate of drug-likeness (QED) is 0.863. The summed E-state index contributed by atoms with van der Waals surface area (Å²) in [6, 6.07) is 6.05. The Hall–Kier alpha value is -1.00. The van der Waals surface area contributed by atoms with E-state index in [1.54, 1.807) is 0 Å².